The molecule has 1 fully saturated rings. The smallest absolute Gasteiger partial charge is 0.259 e. The first kappa shape index (κ1) is 15.9. The molecule has 0 aliphatic carbocycles. The number of fused-ring (bicyclic) bond motifs is 1. The Labute approximate surface area is 136 Å². The molecule has 1 N–H and O–H groups in total. The molecule has 0 unspecified atom stereocenters. The van der Waals surface area contributed by atoms with Crippen molar-refractivity contribution < 1.29 is 13.9 Å². The summed E-state index contributed by atoms with van der Waals surface area (Å²) in [6, 6.07) is 3.86. The number of benzene rings is 1. The maximum atomic E-state index is 13.2. The Kier molecular flexibility index (Phi) is 4.63. The number of nitrogens with zero attached hydrogens (tertiary/aromatic N) is 2. The number of rotatable bonds is 3. The van der Waals surface area contributed by atoms with Gasteiger partial charge in [-0.25, -0.2) is 9.37 Å². The van der Waals surface area contributed by atoms with Crippen molar-refractivity contribution in [2.45, 2.75) is 17.3 Å². The van der Waals surface area contributed by atoms with Crippen LogP contribution < -0.4 is 5.56 Å². The van der Waals surface area contributed by atoms with Crippen LogP contribution in [0.2, 0.25) is 0 Å². The van der Waals surface area contributed by atoms with Crippen LogP contribution in [0.1, 0.15) is 6.92 Å². The third-order valence-corrected chi connectivity index (χ3v) is 4.58. The van der Waals surface area contributed by atoms with E-state index in [2.05, 4.69) is 9.97 Å². The van der Waals surface area contributed by atoms with Crippen LogP contribution in [-0.4, -0.2) is 52.3 Å². The van der Waals surface area contributed by atoms with Gasteiger partial charge in [0.05, 0.1) is 29.4 Å². The zero-order valence-electron chi connectivity index (χ0n) is 12.5. The van der Waals surface area contributed by atoms with Crippen molar-refractivity contribution in [1.82, 2.24) is 14.9 Å². The Hall–Kier alpha value is -1.93. The van der Waals surface area contributed by atoms with E-state index >= 15 is 0 Å². The van der Waals surface area contributed by atoms with Crippen LogP contribution >= 0.6 is 11.8 Å². The van der Waals surface area contributed by atoms with Crippen LogP contribution in [0.4, 0.5) is 4.39 Å². The number of hydrogen-bond donors (Lipinski definition) is 1. The van der Waals surface area contributed by atoms with Crippen molar-refractivity contribution in [3.05, 3.63) is 34.4 Å². The molecule has 6 nitrogen and oxygen atoms in total. The largest absolute Gasteiger partial charge is 0.378 e. The molecule has 8 heteroatoms. The van der Waals surface area contributed by atoms with Gasteiger partial charge < -0.3 is 14.6 Å². The van der Waals surface area contributed by atoms with E-state index < -0.39 is 11.4 Å². The summed E-state index contributed by atoms with van der Waals surface area (Å²) in [6.45, 7) is 4.01. The predicted octanol–water partition coefficient (Wildman–Crippen LogP) is 1.40. The number of H-pyrrole nitrogens is 1. The van der Waals surface area contributed by atoms with Gasteiger partial charge in [0.2, 0.25) is 5.91 Å². The molecule has 2 heterocycles. The summed E-state index contributed by atoms with van der Waals surface area (Å²) in [4.78, 5) is 33.0. The van der Waals surface area contributed by atoms with E-state index in [0.717, 1.165) is 6.07 Å². The minimum atomic E-state index is -0.485. The van der Waals surface area contributed by atoms with Gasteiger partial charge in [-0.3, -0.25) is 9.59 Å². The number of carbonyl (C=O) groups is 1. The van der Waals surface area contributed by atoms with E-state index in [0.29, 0.717) is 37.0 Å². The lowest BCUT2D eigenvalue weighted by atomic mass is 10.2. The lowest BCUT2D eigenvalue weighted by molar-refractivity contribution is -0.134. The van der Waals surface area contributed by atoms with Crippen molar-refractivity contribution in [3.8, 4) is 0 Å². The first-order valence-corrected chi connectivity index (χ1v) is 8.15. The molecule has 1 aromatic heterocycles. The van der Waals surface area contributed by atoms with Crippen molar-refractivity contribution >= 4 is 28.6 Å². The van der Waals surface area contributed by atoms with E-state index in [9.17, 15) is 14.0 Å². The van der Waals surface area contributed by atoms with Gasteiger partial charge in [0.1, 0.15) is 5.82 Å². The molecule has 0 saturated carbocycles. The second-order valence-electron chi connectivity index (χ2n) is 5.23. The van der Waals surface area contributed by atoms with E-state index in [4.69, 9.17) is 4.74 Å². The molecular formula is C15H16FN3O3S. The monoisotopic (exact) mass is 337 g/mol. The van der Waals surface area contributed by atoms with E-state index in [-0.39, 0.29) is 16.5 Å². The molecule has 1 aromatic carbocycles. The van der Waals surface area contributed by atoms with Crippen LogP contribution in [0.15, 0.2) is 28.2 Å². The first-order valence-electron chi connectivity index (χ1n) is 7.27. The van der Waals surface area contributed by atoms with Crippen molar-refractivity contribution in [2.24, 2.45) is 0 Å². The van der Waals surface area contributed by atoms with Gasteiger partial charge in [0.25, 0.3) is 5.56 Å². The van der Waals surface area contributed by atoms with E-state index in [1.165, 1.54) is 23.9 Å². The van der Waals surface area contributed by atoms with E-state index in [1.807, 2.05) is 0 Å². The van der Waals surface area contributed by atoms with Crippen molar-refractivity contribution in [3.63, 3.8) is 0 Å². The third kappa shape index (κ3) is 3.53. The number of thioether (sulfide) groups is 1. The van der Waals surface area contributed by atoms with Gasteiger partial charge >= 0.3 is 0 Å². The van der Waals surface area contributed by atoms with Crippen LogP contribution in [0.5, 0.6) is 0 Å². The second-order valence-corrected chi connectivity index (χ2v) is 6.56. The maximum absolute atomic E-state index is 13.2. The fourth-order valence-electron chi connectivity index (χ4n) is 2.40. The summed E-state index contributed by atoms with van der Waals surface area (Å²) in [5.74, 6) is -0.499. The van der Waals surface area contributed by atoms with Gasteiger partial charge in [0.15, 0.2) is 5.16 Å². The number of aromatic nitrogens is 2. The lowest BCUT2D eigenvalue weighted by Gasteiger charge is -2.28. The van der Waals surface area contributed by atoms with Gasteiger partial charge in [-0.1, -0.05) is 11.8 Å². The number of amides is 1. The number of aromatic amines is 1. The third-order valence-electron chi connectivity index (χ3n) is 3.60. The zero-order valence-corrected chi connectivity index (χ0v) is 13.4. The quantitative estimate of drug-likeness (QED) is 0.677. The maximum Gasteiger partial charge on any atom is 0.259 e. The summed E-state index contributed by atoms with van der Waals surface area (Å²) in [7, 11) is 0. The summed E-state index contributed by atoms with van der Waals surface area (Å²) in [6.07, 6.45) is 0. The van der Waals surface area contributed by atoms with E-state index in [1.54, 1.807) is 11.8 Å². The first-order chi connectivity index (χ1) is 11.0. The minimum Gasteiger partial charge on any atom is -0.378 e. The van der Waals surface area contributed by atoms with Crippen LogP contribution in [0.25, 0.3) is 10.9 Å². The SMILES string of the molecule is C[C@H](Sc1nc2ccc(F)cc2c(=O)[nH]1)C(=O)N1CCOCC1. The second kappa shape index (κ2) is 6.67. The number of nitrogens with one attached hydrogen (secondary N) is 1. The average Bonchev–Trinajstić information content (AvgIpc) is 2.55. The molecule has 0 radical (unpaired) electrons. The molecule has 122 valence electrons. The Morgan fingerprint density at radius 1 is 1.43 bits per heavy atom. The zero-order chi connectivity index (χ0) is 16.4. The Bertz CT molecular complexity index is 789. The molecule has 0 bridgehead atoms. The van der Waals surface area contributed by atoms with Gasteiger partial charge in [-0.2, -0.15) is 0 Å². The van der Waals surface area contributed by atoms with Gasteiger partial charge in [-0.05, 0) is 25.1 Å². The fourth-order valence-corrected chi connectivity index (χ4v) is 3.29. The summed E-state index contributed by atoms with van der Waals surface area (Å²) in [5, 5.41) is 0.166. The van der Waals surface area contributed by atoms with Crippen molar-refractivity contribution in [2.75, 3.05) is 26.3 Å². The lowest BCUT2D eigenvalue weighted by Crippen LogP contribution is -2.44. The standard InChI is InChI=1S/C15H16FN3O3S/c1-9(14(21)19-4-6-22-7-5-19)23-15-17-12-3-2-10(16)8-11(12)13(20)18-15/h2-3,8-9H,4-7H2,1H3,(H,17,18,20)/t9-/m0/s1. The van der Waals surface area contributed by atoms with Gasteiger partial charge in [0, 0.05) is 13.1 Å². The predicted molar refractivity (Wildman–Crippen MR) is 85.0 cm³/mol. The van der Waals surface area contributed by atoms with Crippen molar-refractivity contribution in [1.29, 1.82) is 0 Å². The summed E-state index contributed by atoms with van der Waals surface area (Å²) in [5.41, 5.74) is -0.00769. The highest BCUT2D eigenvalue weighted by Gasteiger charge is 2.24. The molecule has 1 aliphatic rings. The Morgan fingerprint density at radius 3 is 2.91 bits per heavy atom. The average molecular weight is 337 g/mol. The molecule has 3 rings (SSSR count). The summed E-state index contributed by atoms with van der Waals surface area (Å²) >= 11 is 1.19. The molecular weight excluding hydrogens is 321 g/mol. The number of carbonyl (C=O) groups excluding carboxylic acids is 1. The molecule has 1 aliphatic heterocycles. The molecule has 0 spiro atoms. The minimum absolute atomic E-state index is 0.0137. The molecule has 1 saturated heterocycles. The Balaban J connectivity index is 1.79. The molecule has 23 heavy (non-hydrogen) atoms. The molecule has 1 amide bonds. The topological polar surface area (TPSA) is 75.3 Å². The fraction of sp³-hybridized carbons (Fsp3) is 0.400. The molecule has 2 aromatic rings. The normalized spacial score (nSPS) is 16.5. The van der Waals surface area contributed by atoms with Gasteiger partial charge in [-0.15, -0.1) is 0 Å². The number of halogens is 1. The number of hydrogen-bond acceptors (Lipinski definition) is 5. The highest BCUT2D eigenvalue weighted by atomic mass is 32.2. The Morgan fingerprint density at radius 2 is 2.17 bits per heavy atom. The number of ether oxygens (including phenoxy) is 1. The number of morpholine rings is 1. The molecule has 1 atom stereocenters. The van der Waals surface area contributed by atoms with Crippen LogP contribution in [0, 0.1) is 5.82 Å². The summed E-state index contributed by atoms with van der Waals surface area (Å²) < 4.78 is 18.4. The van der Waals surface area contributed by atoms with Crippen LogP contribution in [0.3, 0.4) is 0 Å². The highest BCUT2D eigenvalue weighted by Crippen LogP contribution is 2.22. The highest BCUT2D eigenvalue weighted by molar-refractivity contribution is 8.00. The van der Waals surface area contributed by atoms with Crippen LogP contribution in [-0.2, 0) is 9.53 Å².